The number of rotatable bonds is 4. The molecule has 0 spiro atoms. The minimum Gasteiger partial charge on any atom is -0.298 e. The third kappa shape index (κ3) is 3.78. The molecule has 0 saturated heterocycles. The highest BCUT2D eigenvalue weighted by atomic mass is 19.4. The van der Waals surface area contributed by atoms with Crippen LogP contribution in [0.3, 0.4) is 0 Å². The van der Waals surface area contributed by atoms with Gasteiger partial charge in [-0.3, -0.25) is 5.32 Å². The van der Waals surface area contributed by atoms with Gasteiger partial charge in [0.1, 0.15) is 6.04 Å². The molecule has 0 saturated carbocycles. The zero-order valence-corrected chi connectivity index (χ0v) is 10.8. The van der Waals surface area contributed by atoms with Gasteiger partial charge in [-0.2, -0.15) is 13.2 Å². The van der Waals surface area contributed by atoms with Crippen LogP contribution < -0.4 is 5.32 Å². The monoisotopic (exact) mass is 301 g/mol. The second-order valence-electron chi connectivity index (χ2n) is 4.48. The summed E-state index contributed by atoms with van der Waals surface area (Å²) < 4.78 is 65.9. The number of nitrogens with one attached hydrogen (secondary N) is 1. The van der Waals surface area contributed by atoms with Crippen LogP contribution in [0.15, 0.2) is 48.5 Å². The van der Waals surface area contributed by atoms with Gasteiger partial charge in [0, 0.05) is 12.1 Å². The molecular weight excluding hydrogens is 289 g/mol. The van der Waals surface area contributed by atoms with Gasteiger partial charge in [0.2, 0.25) is 0 Å². The van der Waals surface area contributed by atoms with Gasteiger partial charge in [0.15, 0.2) is 11.6 Å². The number of benzene rings is 2. The summed E-state index contributed by atoms with van der Waals surface area (Å²) in [6.07, 6.45) is -4.73. The van der Waals surface area contributed by atoms with Crippen molar-refractivity contribution < 1.29 is 22.0 Å². The predicted octanol–water partition coefficient (Wildman–Crippen LogP) is 4.36. The van der Waals surface area contributed by atoms with Gasteiger partial charge in [-0.15, -0.1) is 0 Å². The van der Waals surface area contributed by atoms with Gasteiger partial charge >= 0.3 is 6.18 Å². The zero-order chi connectivity index (χ0) is 15.5. The van der Waals surface area contributed by atoms with Crippen molar-refractivity contribution in [2.45, 2.75) is 18.8 Å². The van der Waals surface area contributed by atoms with E-state index in [2.05, 4.69) is 5.32 Å². The topological polar surface area (TPSA) is 12.0 Å². The molecule has 0 radical (unpaired) electrons. The van der Waals surface area contributed by atoms with E-state index in [1.54, 1.807) is 30.3 Å². The summed E-state index contributed by atoms with van der Waals surface area (Å²) in [5.74, 6) is -2.79. The van der Waals surface area contributed by atoms with Crippen LogP contribution in [0.25, 0.3) is 0 Å². The second-order valence-corrected chi connectivity index (χ2v) is 4.48. The van der Waals surface area contributed by atoms with Crippen LogP contribution in [0.5, 0.6) is 0 Å². The molecule has 21 heavy (non-hydrogen) atoms. The number of hydrogen-bond acceptors (Lipinski definition) is 1. The Kier molecular flexibility index (Phi) is 4.57. The van der Waals surface area contributed by atoms with E-state index >= 15 is 0 Å². The molecular formula is C15H12F5N. The molecule has 2 aromatic carbocycles. The Morgan fingerprint density at radius 2 is 1.57 bits per heavy atom. The van der Waals surface area contributed by atoms with E-state index in [1.165, 1.54) is 0 Å². The molecule has 0 aromatic heterocycles. The molecule has 0 aliphatic carbocycles. The predicted molar refractivity (Wildman–Crippen MR) is 68.4 cm³/mol. The maximum Gasteiger partial charge on any atom is 0.408 e. The summed E-state index contributed by atoms with van der Waals surface area (Å²) in [6, 6.07) is 8.87. The van der Waals surface area contributed by atoms with Crippen molar-refractivity contribution >= 4 is 0 Å². The van der Waals surface area contributed by atoms with E-state index in [4.69, 9.17) is 0 Å². The normalized spacial score (nSPS) is 13.2. The number of alkyl halides is 3. The molecule has 0 aliphatic rings. The van der Waals surface area contributed by atoms with E-state index in [-0.39, 0.29) is 6.54 Å². The maximum atomic E-state index is 13.6. The van der Waals surface area contributed by atoms with Crippen LogP contribution >= 0.6 is 0 Å². The summed E-state index contributed by atoms with van der Waals surface area (Å²) in [7, 11) is 0. The van der Waals surface area contributed by atoms with Crippen molar-refractivity contribution in [3.05, 3.63) is 71.3 Å². The highest BCUT2D eigenvalue weighted by molar-refractivity contribution is 5.24. The molecule has 0 aliphatic heterocycles. The minimum absolute atomic E-state index is 0.110. The van der Waals surface area contributed by atoms with Crippen molar-refractivity contribution in [1.29, 1.82) is 0 Å². The van der Waals surface area contributed by atoms with Crippen molar-refractivity contribution in [2.24, 2.45) is 0 Å². The highest BCUT2D eigenvalue weighted by Gasteiger charge is 2.42. The Labute approximate surface area is 118 Å². The first-order chi connectivity index (χ1) is 9.89. The lowest BCUT2D eigenvalue weighted by Gasteiger charge is -2.22. The molecule has 0 amide bonds. The summed E-state index contributed by atoms with van der Waals surface area (Å²) in [5, 5.41) is 2.23. The fourth-order valence-corrected chi connectivity index (χ4v) is 1.96. The lowest BCUT2D eigenvalue weighted by atomic mass is 10.0. The SMILES string of the molecule is Fc1cccc(C(NCc2ccccc2)C(F)(F)F)c1F. The Morgan fingerprint density at radius 1 is 0.905 bits per heavy atom. The Bertz CT molecular complexity index is 595. The third-order valence-electron chi connectivity index (χ3n) is 2.97. The third-order valence-corrected chi connectivity index (χ3v) is 2.97. The van der Waals surface area contributed by atoms with Gasteiger partial charge in [-0.25, -0.2) is 8.78 Å². The number of halogens is 5. The molecule has 6 heteroatoms. The van der Waals surface area contributed by atoms with Crippen LogP contribution in [0, 0.1) is 11.6 Å². The van der Waals surface area contributed by atoms with Crippen LogP contribution in [-0.4, -0.2) is 6.18 Å². The second kappa shape index (κ2) is 6.22. The molecule has 2 aromatic rings. The summed E-state index contributed by atoms with van der Waals surface area (Å²) >= 11 is 0. The Balaban J connectivity index is 2.25. The molecule has 1 unspecified atom stereocenters. The largest absolute Gasteiger partial charge is 0.408 e. The van der Waals surface area contributed by atoms with Crippen molar-refractivity contribution in [1.82, 2.24) is 5.32 Å². The molecule has 1 N–H and O–H groups in total. The molecule has 0 bridgehead atoms. The summed E-state index contributed by atoms with van der Waals surface area (Å²) in [4.78, 5) is 0. The quantitative estimate of drug-likeness (QED) is 0.827. The van der Waals surface area contributed by atoms with Crippen LogP contribution in [0.2, 0.25) is 0 Å². The van der Waals surface area contributed by atoms with Crippen LogP contribution in [0.4, 0.5) is 22.0 Å². The van der Waals surface area contributed by atoms with Gasteiger partial charge in [0.05, 0.1) is 0 Å². The maximum absolute atomic E-state index is 13.6. The first kappa shape index (κ1) is 15.4. The Hall–Kier alpha value is -1.95. The lowest BCUT2D eigenvalue weighted by Crippen LogP contribution is -2.34. The fourth-order valence-electron chi connectivity index (χ4n) is 1.96. The molecule has 2 rings (SSSR count). The first-order valence-electron chi connectivity index (χ1n) is 6.17. The smallest absolute Gasteiger partial charge is 0.298 e. The zero-order valence-electron chi connectivity index (χ0n) is 10.8. The lowest BCUT2D eigenvalue weighted by molar-refractivity contribution is -0.158. The molecule has 0 fully saturated rings. The van der Waals surface area contributed by atoms with Crippen molar-refractivity contribution in [3.63, 3.8) is 0 Å². The standard InChI is InChI=1S/C15H12F5N/c16-12-8-4-7-11(13(12)17)14(15(18,19)20)21-9-10-5-2-1-3-6-10/h1-8,14,21H,9H2. The number of hydrogen-bond donors (Lipinski definition) is 1. The fraction of sp³-hybridized carbons (Fsp3) is 0.200. The molecule has 112 valence electrons. The average Bonchev–Trinajstić information content (AvgIpc) is 2.43. The van der Waals surface area contributed by atoms with Gasteiger partial charge in [0.25, 0.3) is 0 Å². The summed E-state index contributed by atoms with van der Waals surface area (Å²) in [6.45, 7) is -0.110. The minimum atomic E-state index is -4.73. The van der Waals surface area contributed by atoms with Gasteiger partial charge in [-0.1, -0.05) is 42.5 Å². The van der Waals surface area contributed by atoms with Gasteiger partial charge in [-0.05, 0) is 11.6 Å². The van der Waals surface area contributed by atoms with E-state index in [9.17, 15) is 22.0 Å². The van der Waals surface area contributed by atoms with Crippen LogP contribution in [0.1, 0.15) is 17.2 Å². The van der Waals surface area contributed by atoms with E-state index in [0.29, 0.717) is 5.56 Å². The van der Waals surface area contributed by atoms with Crippen molar-refractivity contribution in [2.75, 3.05) is 0 Å². The van der Waals surface area contributed by atoms with E-state index in [1.807, 2.05) is 0 Å². The van der Waals surface area contributed by atoms with Crippen molar-refractivity contribution in [3.8, 4) is 0 Å². The Morgan fingerprint density at radius 3 is 2.19 bits per heavy atom. The van der Waals surface area contributed by atoms with E-state index < -0.39 is 29.4 Å². The van der Waals surface area contributed by atoms with Gasteiger partial charge < -0.3 is 0 Å². The summed E-state index contributed by atoms with van der Waals surface area (Å²) in [5.41, 5.74) is -0.137. The molecule has 1 nitrogen and oxygen atoms in total. The van der Waals surface area contributed by atoms with E-state index in [0.717, 1.165) is 18.2 Å². The average molecular weight is 301 g/mol. The molecule has 1 atom stereocenters. The molecule has 0 heterocycles. The first-order valence-corrected chi connectivity index (χ1v) is 6.17. The highest BCUT2D eigenvalue weighted by Crippen LogP contribution is 2.34. The van der Waals surface area contributed by atoms with Crippen LogP contribution in [-0.2, 0) is 6.54 Å².